The number of rotatable bonds is 8. The Morgan fingerprint density at radius 1 is 1.06 bits per heavy atom. The largest absolute Gasteiger partial charge is 0.872 e. The fourth-order valence-electron chi connectivity index (χ4n) is 4.62. The summed E-state index contributed by atoms with van der Waals surface area (Å²) in [7, 11) is 3.08. The summed E-state index contributed by atoms with van der Waals surface area (Å²) in [5.74, 6) is -0.735. The topological polar surface area (TPSA) is 92.6 Å². The van der Waals surface area contributed by atoms with Gasteiger partial charge >= 0.3 is 0 Å². The number of amides is 1. The van der Waals surface area contributed by atoms with E-state index in [4.69, 9.17) is 14.2 Å². The smallest absolute Gasteiger partial charge is 0.295 e. The lowest BCUT2D eigenvalue weighted by molar-refractivity contribution is -0.908. The van der Waals surface area contributed by atoms with Gasteiger partial charge in [-0.05, 0) is 23.8 Å². The molecule has 4 rings (SSSR count). The molecule has 0 spiro atoms. The average Bonchev–Trinajstić information content (AvgIpc) is 3.13. The molecule has 1 atom stereocenters. The number of morpholine rings is 1. The first kappa shape index (κ1) is 23.8. The molecule has 0 aliphatic carbocycles. The van der Waals surface area contributed by atoms with Gasteiger partial charge in [-0.25, -0.2) is 0 Å². The van der Waals surface area contributed by atoms with Crippen LogP contribution in [0.15, 0.2) is 54.1 Å². The minimum Gasteiger partial charge on any atom is -0.872 e. The van der Waals surface area contributed by atoms with Gasteiger partial charge in [-0.1, -0.05) is 36.1 Å². The third-order valence-corrected chi connectivity index (χ3v) is 6.44. The first-order valence-corrected chi connectivity index (χ1v) is 11.5. The summed E-state index contributed by atoms with van der Waals surface area (Å²) in [5, 5.41) is 13.5. The number of likely N-dealkylation sites (tertiary alicyclic amines) is 1. The number of para-hydroxylation sites is 1. The maximum absolute atomic E-state index is 13.5. The van der Waals surface area contributed by atoms with Crippen molar-refractivity contribution >= 4 is 17.4 Å². The molecule has 1 amide bonds. The zero-order valence-corrected chi connectivity index (χ0v) is 19.5. The van der Waals surface area contributed by atoms with Crippen molar-refractivity contribution in [1.29, 1.82) is 0 Å². The highest BCUT2D eigenvalue weighted by molar-refractivity contribution is 6.46. The van der Waals surface area contributed by atoms with Crippen LogP contribution in [0, 0.1) is 0 Å². The molecule has 2 fully saturated rings. The van der Waals surface area contributed by atoms with E-state index in [0.29, 0.717) is 35.6 Å². The first-order valence-electron chi connectivity index (χ1n) is 11.5. The van der Waals surface area contributed by atoms with Gasteiger partial charge in [-0.15, -0.1) is 0 Å². The Labute approximate surface area is 199 Å². The molecule has 2 heterocycles. The molecule has 2 aromatic carbocycles. The molecule has 1 N–H and O–H groups in total. The van der Waals surface area contributed by atoms with E-state index in [1.165, 1.54) is 16.9 Å². The molecule has 2 aliphatic rings. The number of ketones is 1. The van der Waals surface area contributed by atoms with Crippen LogP contribution < -0.4 is 19.5 Å². The van der Waals surface area contributed by atoms with Crippen molar-refractivity contribution in [1.82, 2.24) is 4.90 Å². The quantitative estimate of drug-likeness (QED) is 0.340. The molecule has 2 aromatic rings. The normalized spacial score (nSPS) is 20.5. The number of hydrogen-bond acceptors (Lipinski definition) is 6. The van der Waals surface area contributed by atoms with Crippen molar-refractivity contribution in [3.05, 3.63) is 65.2 Å². The zero-order valence-electron chi connectivity index (χ0n) is 19.5. The lowest BCUT2D eigenvalue weighted by Gasteiger charge is -2.29. The van der Waals surface area contributed by atoms with Crippen LogP contribution in [0.25, 0.3) is 5.76 Å². The van der Waals surface area contributed by atoms with Gasteiger partial charge in [0.15, 0.2) is 0 Å². The zero-order chi connectivity index (χ0) is 24.1. The average molecular weight is 467 g/mol. The molecule has 2 saturated heterocycles. The lowest BCUT2D eigenvalue weighted by atomic mass is 9.94. The third-order valence-electron chi connectivity index (χ3n) is 6.44. The highest BCUT2D eigenvalue weighted by Crippen LogP contribution is 2.42. The molecule has 1 unspecified atom stereocenters. The molecule has 2 aliphatic heterocycles. The molecule has 180 valence electrons. The van der Waals surface area contributed by atoms with Gasteiger partial charge in [0.25, 0.3) is 5.91 Å². The van der Waals surface area contributed by atoms with E-state index >= 15 is 0 Å². The van der Waals surface area contributed by atoms with Crippen LogP contribution in [0.1, 0.15) is 23.6 Å². The molecular weight excluding hydrogens is 436 g/mol. The second-order valence-electron chi connectivity index (χ2n) is 8.41. The molecule has 0 saturated carbocycles. The summed E-state index contributed by atoms with van der Waals surface area (Å²) in [6, 6.07) is 12.9. The van der Waals surface area contributed by atoms with Crippen molar-refractivity contribution in [2.24, 2.45) is 0 Å². The highest BCUT2D eigenvalue weighted by Gasteiger charge is 2.45. The van der Waals surface area contributed by atoms with Crippen molar-refractivity contribution in [2.45, 2.75) is 12.5 Å². The van der Waals surface area contributed by atoms with Crippen LogP contribution in [0.3, 0.4) is 0 Å². The van der Waals surface area contributed by atoms with Gasteiger partial charge in [0.1, 0.15) is 24.6 Å². The Morgan fingerprint density at radius 3 is 2.44 bits per heavy atom. The molecule has 8 nitrogen and oxygen atoms in total. The molecular formula is C26H30N2O6. The van der Waals surface area contributed by atoms with E-state index in [2.05, 4.69) is 0 Å². The van der Waals surface area contributed by atoms with E-state index in [0.717, 1.165) is 32.8 Å². The Bertz CT molecular complexity index is 1060. The second-order valence-corrected chi connectivity index (χ2v) is 8.41. The monoisotopic (exact) mass is 466 g/mol. The van der Waals surface area contributed by atoms with E-state index in [1.807, 2.05) is 12.1 Å². The number of nitrogens with zero attached hydrogens (tertiary/aromatic N) is 1. The number of benzene rings is 2. The van der Waals surface area contributed by atoms with Crippen LogP contribution in [0.4, 0.5) is 0 Å². The van der Waals surface area contributed by atoms with Crippen LogP contribution in [-0.2, 0) is 14.3 Å². The van der Waals surface area contributed by atoms with E-state index in [9.17, 15) is 14.7 Å². The summed E-state index contributed by atoms with van der Waals surface area (Å²) < 4.78 is 16.1. The summed E-state index contributed by atoms with van der Waals surface area (Å²) in [5.41, 5.74) is 0.912. The number of carbonyl (C=O) groups is 2. The Morgan fingerprint density at radius 2 is 1.76 bits per heavy atom. The van der Waals surface area contributed by atoms with Crippen molar-refractivity contribution < 1.29 is 33.8 Å². The third kappa shape index (κ3) is 4.78. The minimum atomic E-state index is -0.801. The number of Topliss-reactive ketones (excluding diaryl/α,β-unsaturated/α-hetero) is 1. The minimum absolute atomic E-state index is 0.0432. The SMILES string of the molecule is COc1ccc(C([O-])=C2C(=O)C(=O)N(CCC[NH+]3CCOCC3)C2c2ccccc2OC)cc1. The number of quaternary nitrogens is 1. The van der Waals surface area contributed by atoms with Gasteiger partial charge in [0.05, 0.1) is 40.0 Å². The molecule has 0 bridgehead atoms. The van der Waals surface area contributed by atoms with Crippen LogP contribution in [0.2, 0.25) is 0 Å². The summed E-state index contributed by atoms with van der Waals surface area (Å²) in [6.07, 6.45) is 0.712. The van der Waals surface area contributed by atoms with E-state index in [1.54, 1.807) is 43.5 Å². The van der Waals surface area contributed by atoms with Gasteiger partial charge < -0.3 is 29.1 Å². The Hall–Kier alpha value is -3.36. The lowest BCUT2D eigenvalue weighted by Crippen LogP contribution is -3.14. The predicted octanol–water partition coefficient (Wildman–Crippen LogP) is 0.233. The second kappa shape index (κ2) is 10.7. The van der Waals surface area contributed by atoms with Crippen molar-refractivity contribution in [2.75, 3.05) is 53.6 Å². The number of nitrogens with one attached hydrogen (secondary N) is 1. The Kier molecular flexibility index (Phi) is 7.49. The molecule has 0 aromatic heterocycles. The fourth-order valence-corrected chi connectivity index (χ4v) is 4.62. The van der Waals surface area contributed by atoms with Crippen LogP contribution in [-0.4, -0.2) is 70.2 Å². The molecule has 34 heavy (non-hydrogen) atoms. The van der Waals surface area contributed by atoms with Crippen molar-refractivity contribution in [3.63, 3.8) is 0 Å². The van der Waals surface area contributed by atoms with Crippen LogP contribution >= 0.6 is 0 Å². The predicted molar refractivity (Wildman–Crippen MR) is 123 cm³/mol. The number of methoxy groups -OCH3 is 2. The van der Waals surface area contributed by atoms with Crippen molar-refractivity contribution in [3.8, 4) is 11.5 Å². The maximum Gasteiger partial charge on any atom is 0.295 e. The molecule has 8 heteroatoms. The number of ether oxygens (including phenoxy) is 3. The van der Waals surface area contributed by atoms with E-state index < -0.39 is 23.5 Å². The Balaban J connectivity index is 1.70. The highest BCUT2D eigenvalue weighted by atomic mass is 16.5. The maximum atomic E-state index is 13.5. The number of hydrogen-bond donors (Lipinski definition) is 1. The fraction of sp³-hybridized carbons (Fsp3) is 0.385. The first-order chi connectivity index (χ1) is 16.5. The van der Waals surface area contributed by atoms with Gasteiger partial charge in [0.2, 0.25) is 5.78 Å². The summed E-state index contributed by atoms with van der Waals surface area (Å²) in [6.45, 7) is 4.55. The van der Waals surface area contributed by atoms with Gasteiger partial charge in [0, 0.05) is 24.1 Å². The van der Waals surface area contributed by atoms with Crippen LogP contribution in [0.5, 0.6) is 11.5 Å². The van der Waals surface area contributed by atoms with E-state index in [-0.39, 0.29) is 5.57 Å². The molecule has 0 radical (unpaired) electrons. The van der Waals surface area contributed by atoms with Gasteiger partial charge in [-0.3, -0.25) is 9.59 Å². The standard InChI is InChI=1S/C26H30N2O6/c1-32-19-10-8-18(9-11-19)24(29)22-23(20-6-3-4-7-21(20)33-2)28(26(31)25(22)30)13-5-12-27-14-16-34-17-15-27/h3-4,6-11,23,29H,5,12-17H2,1-2H3. The number of carbonyl (C=O) groups excluding carboxylic acids is 2. The van der Waals surface area contributed by atoms with Gasteiger partial charge in [-0.2, -0.15) is 0 Å². The summed E-state index contributed by atoms with van der Waals surface area (Å²) in [4.78, 5) is 29.2. The summed E-state index contributed by atoms with van der Waals surface area (Å²) >= 11 is 0.